The topological polar surface area (TPSA) is 65.1 Å². The van der Waals surface area contributed by atoms with Crippen LogP contribution in [0.25, 0.3) is 0 Å². The Balaban J connectivity index is 3.05. The predicted octanol–water partition coefficient (Wildman–Crippen LogP) is 1.96. The third-order valence-electron chi connectivity index (χ3n) is 4.12. The number of nitrogens with two attached hydrogens (primary N) is 1. The molecule has 6 heteroatoms. The Labute approximate surface area is 120 Å². The molecule has 0 amide bonds. The summed E-state index contributed by atoms with van der Waals surface area (Å²) >= 11 is 6.29. The van der Waals surface area contributed by atoms with Crippen LogP contribution in [0.15, 0.2) is 0 Å². The zero-order chi connectivity index (χ0) is 14.6. The van der Waals surface area contributed by atoms with Crippen LogP contribution in [0, 0.1) is 6.92 Å². The number of methoxy groups -OCH3 is 1. The molecule has 0 fully saturated rings. The summed E-state index contributed by atoms with van der Waals surface area (Å²) in [5.41, 5.74) is 4.55. The van der Waals surface area contributed by atoms with E-state index in [1.54, 1.807) is 11.8 Å². The highest BCUT2D eigenvalue weighted by molar-refractivity contribution is 6.30. The second-order valence-corrected chi connectivity index (χ2v) is 5.24. The fraction of sp³-hybridized carbons (Fsp3) is 0.769. The molecule has 1 unspecified atom stereocenters. The number of hydrazine groups is 1. The Bertz CT molecular complexity index is 407. The van der Waals surface area contributed by atoms with Crippen molar-refractivity contribution in [2.45, 2.75) is 51.7 Å². The number of nitrogens with zero attached hydrogens (tertiary/aromatic N) is 2. The summed E-state index contributed by atoms with van der Waals surface area (Å²) in [4.78, 5) is 0. The number of hydrogen-bond donors (Lipinski definition) is 2. The van der Waals surface area contributed by atoms with Gasteiger partial charge in [0.2, 0.25) is 0 Å². The highest BCUT2D eigenvalue weighted by atomic mass is 35.5. The maximum absolute atomic E-state index is 6.29. The van der Waals surface area contributed by atoms with Gasteiger partial charge in [-0.1, -0.05) is 25.4 Å². The molecule has 0 aliphatic rings. The Morgan fingerprint density at radius 2 is 2.05 bits per heavy atom. The molecule has 0 spiro atoms. The van der Waals surface area contributed by atoms with Gasteiger partial charge in [-0.05, 0) is 26.2 Å². The molecule has 1 aromatic rings. The van der Waals surface area contributed by atoms with Gasteiger partial charge in [0.1, 0.15) is 5.15 Å². The van der Waals surface area contributed by atoms with Gasteiger partial charge in [-0.25, -0.2) is 0 Å². The first-order valence-corrected chi connectivity index (χ1v) is 7.02. The fourth-order valence-corrected chi connectivity index (χ4v) is 2.93. The van der Waals surface area contributed by atoms with Crippen molar-refractivity contribution in [2.75, 3.05) is 7.11 Å². The summed E-state index contributed by atoms with van der Waals surface area (Å²) < 4.78 is 7.42. The monoisotopic (exact) mass is 288 g/mol. The SMILES string of the molecule is CCC(CC)(OC)C(Cc1c(C)nn(C)c1Cl)NN. The summed E-state index contributed by atoms with van der Waals surface area (Å²) in [5.74, 6) is 5.74. The molecular formula is C13H25ClN4O. The summed E-state index contributed by atoms with van der Waals surface area (Å²) in [6.45, 7) is 6.17. The second kappa shape index (κ2) is 6.70. The van der Waals surface area contributed by atoms with E-state index in [4.69, 9.17) is 22.2 Å². The van der Waals surface area contributed by atoms with E-state index in [9.17, 15) is 0 Å². The van der Waals surface area contributed by atoms with E-state index in [1.807, 2.05) is 14.0 Å². The zero-order valence-electron chi connectivity index (χ0n) is 12.5. The first-order chi connectivity index (χ1) is 8.95. The summed E-state index contributed by atoms with van der Waals surface area (Å²) in [5, 5.41) is 4.99. The second-order valence-electron chi connectivity index (χ2n) is 4.88. The van der Waals surface area contributed by atoms with E-state index < -0.39 is 0 Å². The average molecular weight is 289 g/mol. The molecule has 3 N–H and O–H groups in total. The Morgan fingerprint density at radius 3 is 2.37 bits per heavy atom. The van der Waals surface area contributed by atoms with Crippen LogP contribution in [0.5, 0.6) is 0 Å². The lowest BCUT2D eigenvalue weighted by Crippen LogP contribution is -2.55. The molecule has 1 heterocycles. The maximum Gasteiger partial charge on any atom is 0.130 e. The molecule has 0 radical (unpaired) electrons. The number of ether oxygens (including phenoxy) is 1. The molecular weight excluding hydrogens is 264 g/mol. The number of aromatic nitrogens is 2. The Morgan fingerprint density at radius 1 is 1.47 bits per heavy atom. The van der Waals surface area contributed by atoms with Crippen LogP contribution in [-0.4, -0.2) is 28.5 Å². The van der Waals surface area contributed by atoms with Gasteiger partial charge in [-0.3, -0.25) is 16.0 Å². The maximum atomic E-state index is 6.29. The third-order valence-corrected chi connectivity index (χ3v) is 4.59. The number of aryl methyl sites for hydroxylation is 2. The number of nitrogens with one attached hydrogen (secondary N) is 1. The van der Waals surface area contributed by atoms with Crippen LogP contribution in [0.3, 0.4) is 0 Å². The van der Waals surface area contributed by atoms with Crippen molar-refractivity contribution in [3.8, 4) is 0 Å². The van der Waals surface area contributed by atoms with Crippen molar-refractivity contribution in [1.29, 1.82) is 0 Å². The molecule has 0 saturated heterocycles. The molecule has 0 saturated carbocycles. The largest absolute Gasteiger partial charge is 0.377 e. The third kappa shape index (κ3) is 3.11. The van der Waals surface area contributed by atoms with Crippen molar-refractivity contribution in [2.24, 2.45) is 12.9 Å². The van der Waals surface area contributed by atoms with Crippen LogP contribution in [-0.2, 0) is 18.2 Å². The van der Waals surface area contributed by atoms with Gasteiger partial charge >= 0.3 is 0 Å². The Kier molecular flexibility index (Phi) is 5.80. The first kappa shape index (κ1) is 16.4. The molecule has 1 aromatic heterocycles. The molecule has 0 bridgehead atoms. The molecule has 0 aliphatic heterocycles. The summed E-state index contributed by atoms with van der Waals surface area (Å²) in [7, 11) is 3.57. The number of hydrogen-bond acceptors (Lipinski definition) is 4. The Hall–Kier alpha value is -0.620. The van der Waals surface area contributed by atoms with Crippen LogP contribution < -0.4 is 11.3 Å². The van der Waals surface area contributed by atoms with Crippen molar-refractivity contribution >= 4 is 11.6 Å². The minimum atomic E-state index is -0.291. The van der Waals surface area contributed by atoms with E-state index in [0.29, 0.717) is 11.6 Å². The van der Waals surface area contributed by atoms with Crippen LogP contribution in [0.4, 0.5) is 0 Å². The molecule has 0 aromatic carbocycles. The van der Waals surface area contributed by atoms with Gasteiger partial charge in [-0.15, -0.1) is 0 Å². The van der Waals surface area contributed by atoms with Crippen LogP contribution >= 0.6 is 11.6 Å². The van der Waals surface area contributed by atoms with E-state index in [-0.39, 0.29) is 11.6 Å². The summed E-state index contributed by atoms with van der Waals surface area (Å²) in [6, 6.07) is -0.00657. The molecule has 19 heavy (non-hydrogen) atoms. The van der Waals surface area contributed by atoms with Gasteiger partial charge in [0.25, 0.3) is 0 Å². The highest BCUT2D eigenvalue weighted by Gasteiger charge is 2.36. The number of halogens is 1. The molecule has 5 nitrogen and oxygen atoms in total. The average Bonchev–Trinajstić information content (AvgIpc) is 2.65. The fourth-order valence-electron chi connectivity index (χ4n) is 2.68. The number of rotatable bonds is 7. The van der Waals surface area contributed by atoms with Gasteiger partial charge in [-0.2, -0.15) is 5.10 Å². The normalized spacial score (nSPS) is 13.8. The first-order valence-electron chi connectivity index (χ1n) is 6.64. The lowest BCUT2D eigenvalue weighted by Gasteiger charge is -2.38. The van der Waals surface area contributed by atoms with E-state index in [0.717, 1.165) is 24.1 Å². The van der Waals surface area contributed by atoms with Crippen molar-refractivity contribution in [3.05, 3.63) is 16.4 Å². The smallest absolute Gasteiger partial charge is 0.130 e. The van der Waals surface area contributed by atoms with Crippen molar-refractivity contribution in [1.82, 2.24) is 15.2 Å². The molecule has 0 aliphatic carbocycles. The van der Waals surface area contributed by atoms with Crippen molar-refractivity contribution in [3.63, 3.8) is 0 Å². The van der Waals surface area contributed by atoms with E-state index in [2.05, 4.69) is 24.4 Å². The van der Waals surface area contributed by atoms with Crippen LogP contribution in [0.2, 0.25) is 5.15 Å². The van der Waals surface area contributed by atoms with Crippen molar-refractivity contribution < 1.29 is 4.74 Å². The zero-order valence-corrected chi connectivity index (χ0v) is 13.2. The quantitative estimate of drug-likeness (QED) is 0.595. The molecule has 1 rings (SSSR count). The van der Waals surface area contributed by atoms with Crippen LogP contribution in [0.1, 0.15) is 37.9 Å². The van der Waals surface area contributed by atoms with Gasteiger partial charge in [0, 0.05) is 19.7 Å². The lowest BCUT2D eigenvalue weighted by atomic mass is 9.85. The van der Waals surface area contributed by atoms with Gasteiger partial charge in [0.05, 0.1) is 17.3 Å². The standard InChI is InChI=1S/C13H25ClN4O/c1-6-13(7-2,19-5)11(16-15)8-10-9(3)17-18(4)12(10)14/h11,16H,6-8,15H2,1-5H3. The van der Waals surface area contributed by atoms with Gasteiger partial charge in [0.15, 0.2) is 0 Å². The summed E-state index contributed by atoms with van der Waals surface area (Å²) in [6.07, 6.45) is 2.46. The van der Waals surface area contributed by atoms with E-state index in [1.165, 1.54) is 0 Å². The minimum Gasteiger partial charge on any atom is -0.377 e. The highest BCUT2D eigenvalue weighted by Crippen LogP contribution is 2.29. The predicted molar refractivity (Wildman–Crippen MR) is 78.1 cm³/mol. The minimum absolute atomic E-state index is 0.00657. The molecule has 1 atom stereocenters. The lowest BCUT2D eigenvalue weighted by molar-refractivity contribution is -0.0473. The van der Waals surface area contributed by atoms with E-state index >= 15 is 0 Å². The van der Waals surface area contributed by atoms with Gasteiger partial charge < -0.3 is 4.74 Å². The molecule has 110 valence electrons.